The molecule has 0 atom stereocenters. The van der Waals surface area contributed by atoms with E-state index in [0.29, 0.717) is 30.6 Å². The van der Waals surface area contributed by atoms with Gasteiger partial charge in [-0.15, -0.1) is 0 Å². The molecule has 2 rings (SSSR count). The van der Waals surface area contributed by atoms with Gasteiger partial charge in [-0.3, -0.25) is 0 Å². The van der Waals surface area contributed by atoms with Crippen LogP contribution in [0.1, 0.15) is 25.2 Å². The Morgan fingerprint density at radius 1 is 1.36 bits per heavy atom. The first-order valence-corrected chi connectivity index (χ1v) is 7.68. The minimum Gasteiger partial charge on any atom is -0.347 e. The molecule has 0 unspecified atom stereocenters. The summed E-state index contributed by atoms with van der Waals surface area (Å²) in [5.41, 5.74) is 1.05. The molecule has 0 saturated heterocycles. The van der Waals surface area contributed by atoms with E-state index in [1.807, 2.05) is 24.3 Å². The van der Waals surface area contributed by atoms with Crippen LogP contribution in [0.2, 0.25) is 5.02 Å². The molecule has 0 aliphatic rings. The van der Waals surface area contributed by atoms with Crippen molar-refractivity contribution in [1.82, 2.24) is 20.2 Å². The van der Waals surface area contributed by atoms with E-state index >= 15 is 0 Å². The van der Waals surface area contributed by atoms with E-state index in [0.717, 1.165) is 11.4 Å². The number of nitrogens with one attached hydrogen (secondary N) is 2. The van der Waals surface area contributed by atoms with Gasteiger partial charge in [0.1, 0.15) is 5.82 Å². The number of hydrogen-bond donors (Lipinski definition) is 2. The Kier molecular flexibility index (Phi) is 5.83. The van der Waals surface area contributed by atoms with Crippen LogP contribution >= 0.6 is 11.6 Å². The van der Waals surface area contributed by atoms with Gasteiger partial charge in [0.25, 0.3) is 0 Å². The van der Waals surface area contributed by atoms with Crippen LogP contribution in [0.4, 0.5) is 4.79 Å². The first kappa shape index (κ1) is 16.4. The minimum absolute atomic E-state index is 0.0972. The number of H-pyrrole nitrogens is 1. The van der Waals surface area contributed by atoms with Crippen molar-refractivity contribution in [1.29, 1.82) is 0 Å². The lowest BCUT2D eigenvalue weighted by atomic mass is 10.1. The largest absolute Gasteiger partial charge is 0.347 e. The van der Waals surface area contributed by atoms with Crippen molar-refractivity contribution in [3.63, 3.8) is 0 Å². The highest BCUT2D eigenvalue weighted by molar-refractivity contribution is 6.30. The number of rotatable bonds is 6. The summed E-state index contributed by atoms with van der Waals surface area (Å²) in [5, 5.41) is 3.59. The van der Waals surface area contributed by atoms with Crippen molar-refractivity contribution in [3.8, 4) is 0 Å². The zero-order chi connectivity index (χ0) is 15.9. The van der Waals surface area contributed by atoms with Crippen LogP contribution in [0.25, 0.3) is 0 Å². The van der Waals surface area contributed by atoms with E-state index in [9.17, 15) is 4.79 Å². The Labute approximate surface area is 135 Å². The summed E-state index contributed by atoms with van der Waals surface area (Å²) in [6, 6.07) is 7.46. The van der Waals surface area contributed by atoms with Crippen molar-refractivity contribution >= 4 is 17.6 Å². The van der Waals surface area contributed by atoms with Crippen molar-refractivity contribution in [2.24, 2.45) is 5.92 Å². The van der Waals surface area contributed by atoms with Gasteiger partial charge in [-0.05, 0) is 23.6 Å². The summed E-state index contributed by atoms with van der Waals surface area (Å²) < 4.78 is 0. The molecule has 0 bridgehead atoms. The molecule has 0 aliphatic carbocycles. The van der Waals surface area contributed by atoms with Gasteiger partial charge in [-0.25, -0.2) is 9.78 Å². The number of amides is 2. The van der Waals surface area contributed by atoms with E-state index in [1.165, 1.54) is 0 Å². The first-order valence-electron chi connectivity index (χ1n) is 7.30. The molecule has 22 heavy (non-hydrogen) atoms. The van der Waals surface area contributed by atoms with Gasteiger partial charge in [0.05, 0.1) is 6.54 Å². The van der Waals surface area contributed by atoms with E-state index in [2.05, 4.69) is 29.1 Å². The normalized spacial score (nSPS) is 10.7. The smallest absolute Gasteiger partial charge is 0.318 e. The number of carbonyl (C=O) groups excluding carboxylic acids is 1. The number of urea groups is 1. The van der Waals surface area contributed by atoms with Crippen LogP contribution in [0.15, 0.2) is 36.7 Å². The summed E-state index contributed by atoms with van der Waals surface area (Å²) in [6.07, 6.45) is 3.40. The van der Waals surface area contributed by atoms with Gasteiger partial charge in [-0.2, -0.15) is 0 Å². The van der Waals surface area contributed by atoms with Gasteiger partial charge in [0.2, 0.25) is 0 Å². The quantitative estimate of drug-likeness (QED) is 0.856. The molecule has 1 heterocycles. The third kappa shape index (κ3) is 5.07. The van der Waals surface area contributed by atoms with Crippen LogP contribution in [0.3, 0.4) is 0 Å². The lowest BCUT2D eigenvalue weighted by molar-refractivity contribution is 0.187. The predicted molar refractivity (Wildman–Crippen MR) is 87.5 cm³/mol. The van der Waals surface area contributed by atoms with Crippen LogP contribution in [-0.4, -0.2) is 27.4 Å². The van der Waals surface area contributed by atoms with E-state index < -0.39 is 0 Å². The Morgan fingerprint density at radius 3 is 2.68 bits per heavy atom. The zero-order valence-electron chi connectivity index (χ0n) is 12.8. The fourth-order valence-corrected chi connectivity index (χ4v) is 2.26. The van der Waals surface area contributed by atoms with E-state index in [1.54, 1.807) is 17.3 Å². The summed E-state index contributed by atoms with van der Waals surface area (Å²) in [4.78, 5) is 21.3. The summed E-state index contributed by atoms with van der Waals surface area (Å²) in [7, 11) is 0. The van der Waals surface area contributed by atoms with Crippen molar-refractivity contribution < 1.29 is 4.79 Å². The highest BCUT2D eigenvalue weighted by Gasteiger charge is 2.15. The number of imidazole rings is 1. The Morgan fingerprint density at radius 2 is 2.09 bits per heavy atom. The van der Waals surface area contributed by atoms with Gasteiger partial charge in [0.15, 0.2) is 0 Å². The highest BCUT2D eigenvalue weighted by atomic mass is 35.5. The maximum atomic E-state index is 12.4. The lowest BCUT2D eigenvalue weighted by Crippen LogP contribution is -2.41. The Balaban J connectivity index is 1.98. The topological polar surface area (TPSA) is 61.0 Å². The first-order chi connectivity index (χ1) is 10.5. The minimum atomic E-state index is -0.0972. The van der Waals surface area contributed by atoms with Gasteiger partial charge in [0, 0.05) is 30.5 Å². The van der Waals surface area contributed by atoms with Gasteiger partial charge < -0.3 is 15.2 Å². The molecule has 0 radical (unpaired) electrons. The number of aromatic amines is 1. The molecule has 6 heteroatoms. The zero-order valence-corrected chi connectivity index (χ0v) is 13.6. The van der Waals surface area contributed by atoms with E-state index in [4.69, 9.17) is 11.6 Å². The molecule has 0 fully saturated rings. The number of aromatic nitrogens is 2. The van der Waals surface area contributed by atoms with Crippen LogP contribution < -0.4 is 5.32 Å². The van der Waals surface area contributed by atoms with E-state index in [-0.39, 0.29) is 6.03 Å². The average Bonchev–Trinajstić information content (AvgIpc) is 2.99. The second-order valence-electron chi connectivity index (χ2n) is 5.60. The maximum Gasteiger partial charge on any atom is 0.318 e. The van der Waals surface area contributed by atoms with Crippen LogP contribution in [-0.2, 0) is 13.1 Å². The van der Waals surface area contributed by atoms with Crippen molar-refractivity contribution in [2.75, 3.05) is 6.54 Å². The molecular weight excluding hydrogens is 300 g/mol. The second-order valence-corrected chi connectivity index (χ2v) is 6.03. The number of nitrogens with zero attached hydrogens (tertiary/aromatic N) is 2. The standard InChI is InChI=1S/C16H21ClN4O/c1-12(2)10-21(11-13-3-5-14(17)6-4-13)16(22)20-9-15-18-7-8-19-15/h3-8,12H,9-11H2,1-2H3,(H,18,19)(H,20,22). The van der Waals surface area contributed by atoms with Crippen molar-refractivity contribution in [3.05, 3.63) is 53.1 Å². The van der Waals surface area contributed by atoms with Crippen LogP contribution in [0.5, 0.6) is 0 Å². The third-order valence-corrected chi connectivity index (χ3v) is 3.37. The molecule has 0 aliphatic heterocycles. The molecule has 0 spiro atoms. The molecule has 5 nitrogen and oxygen atoms in total. The molecule has 1 aromatic heterocycles. The average molecular weight is 321 g/mol. The molecule has 2 amide bonds. The number of benzene rings is 1. The predicted octanol–water partition coefficient (Wildman–Crippen LogP) is 3.43. The third-order valence-electron chi connectivity index (χ3n) is 3.12. The summed E-state index contributed by atoms with van der Waals surface area (Å²) in [5.74, 6) is 1.13. The molecule has 118 valence electrons. The number of hydrogen-bond acceptors (Lipinski definition) is 2. The Bertz CT molecular complexity index is 581. The van der Waals surface area contributed by atoms with Gasteiger partial charge >= 0.3 is 6.03 Å². The number of carbonyl (C=O) groups is 1. The number of halogens is 1. The second kappa shape index (κ2) is 7.84. The summed E-state index contributed by atoms with van der Waals surface area (Å²) >= 11 is 5.90. The Hall–Kier alpha value is -2.01. The molecular formula is C16H21ClN4O. The molecule has 0 saturated carbocycles. The van der Waals surface area contributed by atoms with Crippen molar-refractivity contribution in [2.45, 2.75) is 26.9 Å². The lowest BCUT2D eigenvalue weighted by Gasteiger charge is -2.25. The SMILES string of the molecule is CC(C)CN(Cc1ccc(Cl)cc1)C(=O)NCc1ncc[nH]1. The monoisotopic (exact) mass is 320 g/mol. The molecule has 2 N–H and O–H groups in total. The molecule has 1 aromatic carbocycles. The summed E-state index contributed by atoms with van der Waals surface area (Å²) in [6.45, 7) is 5.82. The fraction of sp³-hybridized carbons (Fsp3) is 0.375. The maximum absolute atomic E-state index is 12.4. The van der Waals surface area contributed by atoms with Gasteiger partial charge in [-0.1, -0.05) is 37.6 Å². The molecule has 2 aromatic rings. The highest BCUT2D eigenvalue weighted by Crippen LogP contribution is 2.12. The fourth-order valence-electron chi connectivity index (χ4n) is 2.14. The van der Waals surface area contributed by atoms with Crippen LogP contribution in [0, 0.1) is 5.92 Å².